The Morgan fingerprint density at radius 1 is 1.47 bits per heavy atom. The zero-order valence-corrected chi connectivity index (χ0v) is 12.3. The molecule has 1 aromatic heterocycles. The van der Waals surface area contributed by atoms with Crippen LogP contribution >= 0.6 is 0 Å². The molecule has 0 saturated carbocycles. The number of aliphatic carboxylic acids is 1. The normalized spacial score (nSPS) is 14.0. The van der Waals surface area contributed by atoms with Crippen molar-refractivity contribution in [3.63, 3.8) is 0 Å². The van der Waals surface area contributed by atoms with E-state index in [2.05, 4.69) is 5.10 Å². The van der Waals surface area contributed by atoms with Crippen LogP contribution in [0.5, 0.6) is 0 Å². The van der Waals surface area contributed by atoms with Crippen LogP contribution in [0.1, 0.15) is 26.8 Å². The van der Waals surface area contributed by atoms with Gasteiger partial charge in [-0.1, -0.05) is 6.92 Å². The van der Waals surface area contributed by atoms with E-state index in [0.717, 1.165) is 4.31 Å². The van der Waals surface area contributed by atoms with Gasteiger partial charge in [0.1, 0.15) is 4.90 Å². The van der Waals surface area contributed by atoms with Gasteiger partial charge in [0.2, 0.25) is 10.0 Å². The lowest BCUT2D eigenvalue weighted by atomic mass is 10.2. The van der Waals surface area contributed by atoms with Crippen molar-refractivity contribution in [2.45, 2.75) is 31.7 Å². The summed E-state index contributed by atoms with van der Waals surface area (Å²) in [7, 11) is -2.33. The van der Waals surface area contributed by atoms with Crippen molar-refractivity contribution in [3.05, 3.63) is 12.4 Å². The maximum atomic E-state index is 12.2. The highest BCUT2D eigenvalue weighted by molar-refractivity contribution is 7.89. The lowest BCUT2D eigenvalue weighted by molar-refractivity contribution is -0.141. The minimum Gasteiger partial charge on any atom is -0.481 e. The molecule has 8 heteroatoms. The van der Waals surface area contributed by atoms with Crippen LogP contribution in [0.15, 0.2) is 17.3 Å². The van der Waals surface area contributed by atoms with E-state index in [0.29, 0.717) is 0 Å². The molecule has 19 heavy (non-hydrogen) atoms. The Hall–Kier alpha value is -1.41. The topological polar surface area (TPSA) is 92.5 Å². The molecule has 0 bridgehead atoms. The van der Waals surface area contributed by atoms with Gasteiger partial charge in [-0.2, -0.15) is 9.40 Å². The molecule has 0 aliphatic carbocycles. The van der Waals surface area contributed by atoms with Crippen molar-refractivity contribution in [3.8, 4) is 0 Å². The van der Waals surface area contributed by atoms with Crippen LogP contribution in [-0.2, 0) is 14.8 Å². The molecule has 1 unspecified atom stereocenters. The molecule has 0 fully saturated rings. The highest BCUT2D eigenvalue weighted by Gasteiger charge is 2.26. The monoisotopic (exact) mass is 289 g/mol. The average molecular weight is 289 g/mol. The molecule has 7 nitrogen and oxygen atoms in total. The summed E-state index contributed by atoms with van der Waals surface area (Å²) in [6.07, 6.45) is 2.72. The molecule has 0 aromatic carbocycles. The zero-order chi connectivity index (χ0) is 14.8. The maximum Gasteiger partial charge on any atom is 0.307 e. The summed E-state index contributed by atoms with van der Waals surface area (Å²) in [4.78, 5) is 10.8. The third-order valence-electron chi connectivity index (χ3n) is 2.77. The van der Waals surface area contributed by atoms with Crippen LogP contribution in [0.3, 0.4) is 0 Å². The van der Waals surface area contributed by atoms with E-state index < -0.39 is 21.9 Å². The van der Waals surface area contributed by atoms with E-state index in [-0.39, 0.29) is 17.5 Å². The van der Waals surface area contributed by atoms with Gasteiger partial charge in [0, 0.05) is 25.8 Å². The Morgan fingerprint density at radius 3 is 2.47 bits per heavy atom. The molecule has 0 radical (unpaired) electrons. The summed E-state index contributed by atoms with van der Waals surface area (Å²) in [6.45, 7) is 5.16. The molecule has 1 N–H and O–H groups in total. The molecule has 0 spiro atoms. The number of aromatic nitrogens is 2. The van der Waals surface area contributed by atoms with Gasteiger partial charge < -0.3 is 5.11 Å². The largest absolute Gasteiger partial charge is 0.481 e. The van der Waals surface area contributed by atoms with Crippen molar-refractivity contribution < 1.29 is 18.3 Å². The van der Waals surface area contributed by atoms with Crippen LogP contribution in [0.25, 0.3) is 0 Å². The Kier molecular flexibility index (Phi) is 4.70. The summed E-state index contributed by atoms with van der Waals surface area (Å²) in [6, 6.07) is 0.0622. The number of carbonyl (C=O) groups is 1. The van der Waals surface area contributed by atoms with E-state index in [1.54, 1.807) is 4.68 Å². The van der Waals surface area contributed by atoms with Crippen molar-refractivity contribution in [2.75, 3.05) is 13.6 Å². The van der Waals surface area contributed by atoms with E-state index in [9.17, 15) is 13.2 Å². The summed E-state index contributed by atoms with van der Waals surface area (Å²) in [5, 5.41) is 12.8. The highest BCUT2D eigenvalue weighted by Crippen LogP contribution is 2.16. The minimum atomic E-state index is -3.69. The summed E-state index contributed by atoms with van der Waals surface area (Å²) < 4.78 is 27.0. The van der Waals surface area contributed by atoms with Gasteiger partial charge in [0.25, 0.3) is 0 Å². The number of hydrogen-bond acceptors (Lipinski definition) is 4. The standard InChI is InChI=1S/C11H19N3O4S/c1-8(2)14-7-10(5-12-14)19(17,18)13(4)6-9(3)11(15)16/h5,7-9H,6H2,1-4H3,(H,15,16). The number of carboxylic acid groups (broad SMARTS) is 1. The van der Waals surface area contributed by atoms with E-state index in [1.807, 2.05) is 13.8 Å². The molecule has 0 saturated heterocycles. The van der Waals surface area contributed by atoms with Gasteiger partial charge in [0.15, 0.2) is 0 Å². The van der Waals surface area contributed by atoms with Crippen molar-refractivity contribution in [1.29, 1.82) is 0 Å². The number of sulfonamides is 1. The third kappa shape index (κ3) is 3.54. The van der Waals surface area contributed by atoms with Crippen molar-refractivity contribution >= 4 is 16.0 Å². The SMILES string of the molecule is CC(CN(C)S(=O)(=O)c1cnn(C(C)C)c1)C(=O)O. The predicted octanol–water partition coefficient (Wildman–Crippen LogP) is 0.805. The minimum absolute atomic E-state index is 0.0622. The lowest BCUT2D eigenvalue weighted by Gasteiger charge is -2.18. The first-order chi connectivity index (χ1) is 8.66. The molecule has 0 aliphatic heterocycles. The summed E-state index contributed by atoms with van der Waals surface area (Å²) in [5.41, 5.74) is 0. The van der Waals surface area contributed by atoms with Gasteiger partial charge in [0.05, 0.1) is 12.1 Å². The molecule has 1 rings (SSSR count). The Morgan fingerprint density at radius 2 is 2.05 bits per heavy atom. The maximum absolute atomic E-state index is 12.2. The molecule has 0 amide bonds. The third-order valence-corrected chi connectivity index (χ3v) is 4.54. The molecular formula is C11H19N3O4S. The lowest BCUT2D eigenvalue weighted by Crippen LogP contribution is -2.33. The van der Waals surface area contributed by atoms with E-state index in [4.69, 9.17) is 5.11 Å². The molecule has 108 valence electrons. The molecular weight excluding hydrogens is 270 g/mol. The molecule has 1 aromatic rings. The second-order valence-electron chi connectivity index (χ2n) is 4.77. The average Bonchev–Trinajstić information content (AvgIpc) is 2.78. The Bertz CT molecular complexity index is 550. The fourth-order valence-electron chi connectivity index (χ4n) is 1.48. The second-order valence-corrected chi connectivity index (χ2v) is 6.82. The van der Waals surface area contributed by atoms with Crippen LogP contribution in [-0.4, -0.2) is 47.2 Å². The first-order valence-corrected chi connectivity index (χ1v) is 7.33. The van der Waals surface area contributed by atoms with Crippen LogP contribution < -0.4 is 0 Å². The Balaban J connectivity index is 2.93. The van der Waals surface area contributed by atoms with E-state index in [1.165, 1.54) is 26.4 Å². The zero-order valence-electron chi connectivity index (χ0n) is 11.4. The highest BCUT2D eigenvalue weighted by atomic mass is 32.2. The number of rotatable bonds is 6. The second kappa shape index (κ2) is 5.70. The van der Waals surface area contributed by atoms with Crippen LogP contribution in [0.2, 0.25) is 0 Å². The molecule has 1 atom stereocenters. The first kappa shape index (κ1) is 15.6. The predicted molar refractivity (Wildman–Crippen MR) is 69.2 cm³/mol. The Labute approximate surface area is 112 Å². The summed E-state index contributed by atoms with van der Waals surface area (Å²) >= 11 is 0. The molecule has 0 aliphatic rings. The van der Waals surface area contributed by atoms with Gasteiger partial charge in [-0.25, -0.2) is 8.42 Å². The van der Waals surface area contributed by atoms with E-state index >= 15 is 0 Å². The number of carboxylic acids is 1. The summed E-state index contributed by atoms with van der Waals surface area (Å²) in [5.74, 6) is -1.79. The molecule has 1 heterocycles. The fourth-order valence-corrected chi connectivity index (χ4v) is 2.68. The quantitative estimate of drug-likeness (QED) is 0.836. The van der Waals surface area contributed by atoms with Crippen molar-refractivity contribution in [2.24, 2.45) is 5.92 Å². The van der Waals surface area contributed by atoms with Crippen LogP contribution in [0, 0.1) is 5.92 Å². The van der Waals surface area contributed by atoms with Crippen molar-refractivity contribution in [1.82, 2.24) is 14.1 Å². The fraction of sp³-hybridized carbons (Fsp3) is 0.636. The van der Waals surface area contributed by atoms with Gasteiger partial charge in [-0.3, -0.25) is 9.48 Å². The van der Waals surface area contributed by atoms with Crippen LogP contribution in [0.4, 0.5) is 0 Å². The first-order valence-electron chi connectivity index (χ1n) is 5.89. The number of hydrogen-bond donors (Lipinski definition) is 1. The van der Waals surface area contributed by atoms with Gasteiger partial charge in [-0.15, -0.1) is 0 Å². The number of nitrogens with zero attached hydrogens (tertiary/aromatic N) is 3. The van der Waals surface area contributed by atoms with Gasteiger partial charge in [-0.05, 0) is 13.8 Å². The van der Waals surface area contributed by atoms with Gasteiger partial charge >= 0.3 is 5.97 Å². The smallest absolute Gasteiger partial charge is 0.307 e.